The molecule has 0 aromatic heterocycles. The molecule has 17 heavy (non-hydrogen) atoms. The third-order valence-corrected chi connectivity index (χ3v) is 2.77. The van der Waals surface area contributed by atoms with Crippen LogP contribution in [0.4, 0.5) is 5.69 Å². The number of nitrogens with two attached hydrogens (primary N) is 1. The number of rotatable bonds is 4. The molecule has 1 aromatic rings. The molecule has 1 aliphatic heterocycles. The normalized spacial score (nSPS) is 15.4. The standard InChI is InChI=1S/C13H17N3O/c14-9-1-3-11-5-7-12(8-6-11)16-13(17)4-2-10-15-16/h5-8,10H,1-4,9,14H2. The summed E-state index contributed by atoms with van der Waals surface area (Å²) in [6.45, 7) is 0.705. The minimum atomic E-state index is 0.0576. The lowest BCUT2D eigenvalue weighted by molar-refractivity contribution is -0.118. The van der Waals surface area contributed by atoms with Crippen LogP contribution < -0.4 is 10.7 Å². The Balaban J connectivity index is 2.09. The van der Waals surface area contributed by atoms with Crippen molar-refractivity contribution in [2.24, 2.45) is 10.8 Å². The van der Waals surface area contributed by atoms with E-state index in [2.05, 4.69) is 5.10 Å². The summed E-state index contributed by atoms with van der Waals surface area (Å²) in [7, 11) is 0. The Kier molecular flexibility index (Phi) is 3.88. The zero-order valence-electron chi connectivity index (χ0n) is 9.80. The summed E-state index contributed by atoms with van der Waals surface area (Å²) in [4.78, 5) is 11.6. The molecule has 2 N–H and O–H groups in total. The average Bonchev–Trinajstić information content (AvgIpc) is 2.38. The van der Waals surface area contributed by atoms with Crippen molar-refractivity contribution < 1.29 is 4.79 Å². The fourth-order valence-electron chi connectivity index (χ4n) is 1.82. The Labute approximate surface area is 101 Å². The third kappa shape index (κ3) is 2.91. The van der Waals surface area contributed by atoms with Crippen LogP contribution in [0, 0.1) is 0 Å². The number of carbonyl (C=O) groups is 1. The molecule has 4 nitrogen and oxygen atoms in total. The highest BCUT2D eigenvalue weighted by atomic mass is 16.2. The lowest BCUT2D eigenvalue weighted by Crippen LogP contribution is -2.28. The fourth-order valence-corrected chi connectivity index (χ4v) is 1.82. The number of benzene rings is 1. The third-order valence-electron chi connectivity index (χ3n) is 2.77. The quantitative estimate of drug-likeness (QED) is 0.857. The molecule has 0 atom stereocenters. The van der Waals surface area contributed by atoms with Crippen molar-refractivity contribution in [2.45, 2.75) is 25.7 Å². The summed E-state index contributed by atoms with van der Waals surface area (Å²) >= 11 is 0. The number of carbonyl (C=O) groups excluding carboxylic acids is 1. The molecule has 0 aliphatic carbocycles. The zero-order valence-corrected chi connectivity index (χ0v) is 9.80. The first-order valence-electron chi connectivity index (χ1n) is 5.95. The SMILES string of the molecule is NCCCc1ccc(N2N=CCCC2=O)cc1. The van der Waals surface area contributed by atoms with Crippen molar-refractivity contribution in [1.29, 1.82) is 0 Å². The van der Waals surface area contributed by atoms with Crippen LogP contribution in [0.15, 0.2) is 29.4 Å². The Morgan fingerprint density at radius 3 is 2.71 bits per heavy atom. The van der Waals surface area contributed by atoms with E-state index in [0.717, 1.165) is 24.9 Å². The first kappa shape index (κ1) is 11.8. The van der Waals surface area contributed by atoms with Gasteiger partial charge in [0.15, 0.2) is 0 Å². The maximum atomic E-state index is 11.6. The van der Waals surface area contributed by atoms with Crippen LogP contribution in [0.25, 0.3) is 0 Å². The molecule has 4 heteroatoms. The molecule has 90 valence electrons. The van der Waals surface area contributed by atoms with E-state index >= 15 is 0 Å². The van der Waals surface area contributed by atoms with Crippen molar-refractivity contribution in [1.82, 2.24) is 0 Å². The van der Waals surface area contributed by atoms with Crippen LogP contribution in [0.5, 0.6) is 0 Å². The molecule has 0 spiro atoms. The van der Waals surface area contributed by atoms with Crippen LogP contribution >= 0.6 is 0 Å². The van der Waals surface area contributed by atoms with E-state index in [1.807, 2.05) is 24.3 Å². The number of anilines is 1. The lowest BCUT2D eigenvalue weighted by Gasteiger charge is -2.20. The highest BCUT2D eigenvalue weighted by Crippen LogP contribution is 2.19. The molecule has 0 saturated heterocycles. The van der Waals surface area contributed by atoms with E-state index in [4.69, 9.17) is 5.73 Å². The predicted octanol–water partition coefficient (Wildman–Crippen LogP) is 1.69. The summed E-state index contributed by atoms with van der Waals surface area (Å²) in [6, 6.07) is 7.93. The second kappa shape index (κ2) is 5.59. The Bertz CT molecular complexity index is 411. The van der Waals surface area contributed by atoms with E-state index < -0.39 is 0 Å². The van der Waals surface area contributed by atoms with Gasteiger partial charge in [0.05, 0.1) is 5.69 Å². The summed E-state index contributed by atoms with van der Waals surface area (Å²) in [5, 5.41) is 5.58. The zero-order chi connectivity index (χ0) is 12.1. The summed E-state index contributed by atoms with van der Waals surface area (Å²) in [5.41, 5.74) is 7.55. The fraction of sp³-hybridized carbons (Fsp3) is 0.385. The molecule has 1 aliphatic rings. The monoisotopic (exact) mass is 231 g/mol. The minimum Gasteiger partial charge on any atom is -0.330 e. The summed E-state index contributed by atoms with van der Waals surface area (Å²) in [5.74, 6) is 0.0576. The smallest absolute Gasteiger partial charge is 0.247 e. The Hall–Kier alpha value is -1.68. The first-order chi connectivity index (χ1) is 8.31. The van der Waals surface area contributed by atoms with Crippen LogP contribution in [0.2, 0.25) is 0 Å². The Morgan fingerprint density at radius 1 is 1.29 bits per heavy atom. The minimum absolute atomic E-state index is 0.0576. The van der Waals surface area contributed by atoms with Crippen LogP contribution in [0.1, 0.15) is 24.8 Å². The molecule has 1 heterocycles. The second-order valence-electron chi connectivity index (χ2n) is 4.10. The number of amides is 1. The van der Waals surface area contributed by atoms with Crippen molar-refractivity contribution in [3.8, 4) is 0 Å². The van der Waals surface area contributed by atoms with Gasteiger partial charge in [-0.3, -0.25) is 4.79 Å². The van der Waals surface area contributed by atoms with Gasteiger partial charge in [-0.1, -0.05) is 12.1 Å². The number of aryl methyl sites for hydroxylation is 1. The van der Waals surface area contributed by atoms with Gasteiger partial charge in [-0.15, -0.1) is 0 Å². The maximum absolute atomic E-state index is 11.6. The van der Waals surface area contributed by atoms with Gasteiger partial charge in [-0.2, -0.15) is 5.10 Å². The van der Waals surface area contributed by atoms with Crippen molar-refractivity contribution in [3.63, 3.8) is 0 Å². The lowest BCUT2D eigenvalue weighted by atomic mass is 10.1. The van der Waals surface area contributed by atoms with Gasteiger partial charge >= 0.3 is 0 Å². The van der Waals surface area contributed by atoms with E-state index in [0.29, 0.717) is 13.0 Å². The maximum Gasteiger partial charge on any atom is 0.247 e. The number of hydrogen-bond acceptors (Lipinski definition) is 3. The topological polar surface area (TPSA) is 58.7 Å². The average molecular weight is 231 g/mol. The number of hydrazone groups is 1. The van der Waals surface area contributed by atoms with Gasteiger partial charge in [0.1, 0.15) is 0 Å². The van der Waals surface area contributed by atoms with Gasteiger partial charge in [-0.05, 0) is 43.5 Å². The second-order valence-corrected chi connectivity index (χ2v) is 4.10. The van der Waals surface area contributed by atoms with Gasteiger partial charge in [0.25, 0.3) is 0 Å². The molecule has 0 fully saturated rings. The predicted molar refractivity (Wildman–Crippen MR) is 69.0 cm³/mol. The first-order valence-corrected chi connectivity index (χ1v) is 5.95. The van der Waals surface area contributed by atoms with Gasteiger partial charge in [0, 0.05) is 12.6 Å². The summed E-state index contributed by atoms with van der Waals surface area (Å²) in [6.07, 6.45) is 5.03. The molecule has 0 bridgehead atoms. The van der Waals surface area contributed by atoms with Gasteiger partial charge < -0.3 is 5.73 Å². The molecular weight excluding hydrogens is 214 g/mol. The van der Waals surface area contributed by atoms with E-state index in [1.165, 1.54) is 10.6 Å². The highest BCUT2D eigenvalue weighted by Gasteiger charge is 2.16. The molecule has 0 saturated carbocycles. The molecular formula is C13H17N3O. The largest absolute Gasteiger partial charge is 0.330 e. The van der Waals surface area contributed by atoms with Crippen molar-refractivity contribution >= 4 is 17.8 Å². The van der Waals surface area contributed by atoms with E-state index in [1.54, 1.807) is 6.21 Å². The van der Waals surface area contributed by atoms with E-state index in [-0.39, 0.29) is 5.91 Å². The van der Waals surface area contributed by atoms with Gasteiger partial charge in [-0.25, -0.2) is 5.01 Å². The molecule has 1 amide bonds. The highest BCUT2D eigenvalue weighted by molar-refractivity contribution is 5.96. The number of hydrogen-bond donors (Lipinski definition) is 1. The van der Waals surface area contributed by atoms with Crippen LogP contribution in [-0.4, -0.2) is 18.7 Å². The van der Waals surface area contributed by atoms with Crippen LogP contribution in [0.3, 0.4) is 0 Å². The molecule has 0 unspecified atom stereocenters. The van der Waals surface area contributed by atoms with Crippen molar-refractivity contribution in [3.05, 3.63) is 29.8 Å². The van der Waals surface area contributed by atoms with Crippen LogP contribution in [-0.2, 0) is 11.2 Å². The molecule has 2 rings (SSSR count). The number of nitrogens with zero attached hydrogens (tertiary/aromatic N) is 2. The van der Waals surface area contributed by atoms with E-state index in [9.17, 15) is 4.79 Å². The Morgan fingerprint density at radius 2 is 2.06 bits per heavy atom. The molecule has 1 aromatic carbocycles. The summed E-state index contributed by atoms with van der Waals surface area (Å²) < 4.78 is 0. The van der Waals surface area contributed by atoms with Gasteiger partial charge in [0.2, 0.25) is 5.91 Å². The van der Waals surface area contributed by atoms with Crippen molar-refractivity contribution in [2.75, 3.05) is 11.6 Å². The molecule has 0 radical (unpaired) electrons.